The van der Waals surface area contributed by atoms with Crippen molar-refractivity contribution >= 4 is 23.9 Å². The van der Waals surface area contributed by atoms with Gasteiger partial charge in [-0.05, 0) is 43.9 Å². The van der Waals surface area contributed by atoms with Crippen LogP contribution in [0.4, 0.5) is 0 Å². The first-order valence-electron chi connectivity index (χ1n) is 9.88. The number of carbonyl (C=O) groups excluding carboxylic acids is 3. The first kappa shape index (κ1) is 20.5. The number of hydrogen-bond donors (Lipinski definition) is 0. The Morgan fingerprint density at radius 1 is 1.07 bits per heavy atom. The SMILES string of the molecule is CCOC(=O)C1(CC=Cc2ccccc2)CCCN(C(=O)c2ccccc2)C1=O. The summed E-state index contributed by atoms with van der Waals surface area (Å²) in [6.45, 7) is 2.20. The Bertz CT molecular complexity index is 892. The van der Waals surface area contributed by atoms with Gasteiger partial charge in [0.05, 0.1) is 6.61 Å². The minimum atomic E-state index is -1.37. The van der Waals surface area contributed by atoms with Gasteiger partial charge in [0.15, 0.2) is 5.41 Å². The van der Waals surface area contributed by atoms with Crippen molar-refractivity contribution in [2.45, 2.75) is 26.2 Å². The third-order valence-corrected chi connectivity index (χ3v) is 5.15. The molecule has 1 aliphatic rings. The fourth-order valence-electron chi connectivity index (χ4n) is 3.63. The Morgan fingerprint density at radius 3 is 2.38 bits per heavy atom. The summed E-state index contributed by atoms with van der Waals surface area (Å²) >= 11 is 0. The molecule has 1 heterocycles. The van der Waals surface area contributed by atoms with Gasteiger partial charge >= 0.3 is 5.97 Å². The standard InChI is InChI=1S/C24H25NO4/c1-2-29-23(28)24(16-9-13-19-11-5-3-6-12-19)17-10-18-25(22(24)27)21(26)20-14-7-4-8-15-20/h3-9,11-15H,2,10,16-18H2,1H3. The van der Waals surface area contributed by atoms with Crippen LogP contribution in [0.1, 0.15) is 42.1 Å². The molecule has 0 saturated carbocycles. The van der Waals surface area contributed by atoms with Gasteiger partial charge < -0.3 is 4.74 Å². The second kappa shape index (κ2) is 9.32. The van der Waals surface area contributed by atoms with Gasteiger partial charge in [0, 0.05) is 12.1 Å². The van der Waals surface area contributed by atoms with Crippen LogP contribution in [0.5, 0.6) is 0 Å². The molecule has 0 radical (unpaired) electrons. The predicted molar refractivity (Wildman–Crippen MR) is 111 cm³/mol. The van der Waals surface area contributed by atoms with E-state index in [9.17, 15) is 14.4 Å². The molecule has 5 heteroatoms. The highest BCUT2D eigenvalue weighted by atomic mass is 16.5. The number of likely N-dealkylation sites (tertiary alicyclic amines) is 1. The van der Waals surface area contributed by atoms with Gasteiger partial charge in [-0.25, -0.2) is 0 Å². The number of benzene rings is 2. The molecule has 5 nitrogen and oxygen atoms in total. The molecular formula is C24H25NO4. The average Bonchev–Trinajstić information content (AvgIpc) is 2.76. The minimum absolute atomic E-state index is 0.183. The van der Waals surface area contributed by atoms with E-state index in [1.54, 1.807) is 31.2 Å². The van der Waals surface area contributed by atoms with Crippen molar-refractivity contribution in [3.05, 3.63) is 77.9 Å². The summed E-state index contributed by atoms with van der Waals surface area (Å²) < 4.78 is 5.26. The van der Waals surface area contributed by atoms with E-state index in [-0.39, 0.29) is 18.9 Å². The molecule has 0 N–H and O–H groups in total. The van der Waals surface area contributed by atoms with Gasteiger partial charge in [0.2, 0.25) is 5.91 Å². The Hall–Kier alpha value is -3.21. The average molecular weight is 391 g/mol. The monoisotopic (exact) mass is 391 g/mol. The summed E-state index contributed by atoms with van der Waals surface area (Å²) in [5, 5.41) is 0. The molecular weight excluding hydrogens is 366 g/mol. The normalized spacial score (nSPS) is 19.3. The molecule has 2 aromatic carbocycles. The Kier molecular flexibility index (Phi) is 6.60. The van der Waals surface area contributed by atoms with Crippen molar-refractivity contribution in [1.29, 1.82) is 0 Å². The molecule has 1 saturated heterocycles. The first-order chi connectivity index (χ1) is 14.1. The third-order valence-electron chi connectivity index (χ3n) is 5.15. The molecule has 1 aliphatic heterocycles. The Balaban J connectivity index is 1.88. The van der Waals surface area contributed by atoms with Crippen LogP contribution < -0.4 is 0 Å². The third kappa shape index (κ3) is 4.45. The smallest absolute Gasteiger partial charge is 0.321 e. The van der Waals surface area contributed by atoms with Crippen molar-refractivity contribution < 1.29 is 19.1 Å². The molecule has 0 aliphatic carbocycles. The van der Waals surface area contributed by atoms with E-state index in [1.807, 2.05) is 48.6 Å². The maximum absolute atomic E-state index is 13.4. The van der Waals surface area contributed by atoms with Crippen LogP contribution in [0.2, 0.25) is 0 Å². The first-order valence-corrected chi connectivity index (χ1v) is 9.88. The highest BCUT2D eigenvalue weighted by molar-refractivity contribution is 6.13. The zero-order chi connectivity index (χ0) is 20.7. The number of esters is 1. The number of hydrogen-bond acceptors (Lipinski definition) is 4. The highest BCUT2D eigenvalue weighted by Gasteiger charge is 2.52. The van der Waals surface area contributed by atoms with Crippen molar-refractivity contribution in [2.24, 2.45) is 5.41 Å². The molecule has 0 spiro atoms. The maximum atomic E-state index is 13.4. The van der Waals surface area contributed by atoms with E-state index in [1.165, 1.54) is 4.90 Å². The van der Waals surface area contributed by atoms with Crippen molar-refractivity contribution in [3.63, 3.8) is 0 Å². The van der Waals surface area contributed by atoms with E-state index in [4.69, 9.17) is 4.74 Å². The van der Waals surface area contributed by atoms with Crippen LogP contribution in [-0.2, 0) is 14.3 Å². The summed E-state index contributed by atoms with van der Waals surface area (Å²) in [5.41, 5.74) is 0.0385. The van der Waals surface area contributed by atoms with Crippen LogP contribution in [0.15, 0.2) is 66.7 Å². The van der Waals surface area contributed by atoms with Crippen LogP contribution in [0.3, 0.4) is 0 Å². The molecule has 29 heavy (non-hydrogen) atoms. The van der Waals surface area contributed by atoms with Gasteiger partial charge in [-0.3, -0.25) is 19.3 Å². The summed E-state index contributed by atoms with van der Waals surface area (Å²) in [6.07, 6.45) is 4.82. The number of imide groups is 1. The lowest BCUT2D eigenvalue weighted by Gasteiger charge is -2.38. The second-order valence-corrected chi connectivity index (χ2v) is 7.05. The fourth-order valence-corrected chi connectivity index (χ4v) is 3.63. The number of nitrogens with zero attached hydrogens (tertiary/aromatic N) is 1. The van der Waals surface area contributed by atoms with Crippen LogP contribution in [0.25, 0.3) is 6.08 Å². The van der Waals surface area contributed by atoms with Gasteiger partial charge in [-0.15, -0.1) is 0 Å². The van der Waals surface area contributed by atoms with E-state index in [2.05, 4.69) is 0 Å². The fraction of sp³-hybridized carbons (Fsp3) is 0.292. The highest BCUT2D eigenvalue weighted by Crippen LogP contribution is 2.37. The zero-order valence-electron chi connectivity index (χ0n) is 16.5. The molecule has 2 amide bonds. The summed E-state index contributed by atoms with van der Waals surface area (Å²) in [4.78, 5) is 40.4. The molecule has 1 atom stereocenters. The molecule has 0 bridgehead atoms. The lowest BCUT2D eigenvalue weighted by Crippen LogP contribution is -2.55. The van der Waals surface area contributed by atoms with Gasteiger partial charge in [0.25, 0.3) is 5.91 Å². The Morgan fingerprint density at radius 2 is 1.72 bits per heavy atom. The molecule has 1 fully saturated rings. The predicted octanol–water partition coefficient (Wildman–Crippen LogP) is 4.10. The van der Waals surface area contributed by atoms with E-state index >= 15 is 0 Å². The van der Waals surface area contributed by atoms with Crippen molar-refractivity contribution in [3.8, 4) is 0 Å². The summed E-state index contributed by atoms with van der Waals surface area (Å²) in [7, 11) is 0. The van der Waals surface area contributed by atoms with Crippen molar-refractivity contribution in [2.75, 3.05) is 13.2 Å². The van der Waals surface area contributed by atoms with E-state index in [0.717, 1.165) is 5.56 Å². The van der Waals surface area contributed by atoms with E-state index < -0.39 is 17.3 Å². The Labute approximate surface area is 171 Å². The maximum Gasteiger partial charge on any atom is 0.321 e. The summed E-state index contributed by atoms with van der Waals surface area (Å²) in [6, 6.07) is 18.3. The minimum Gasteiger partial charge on any atom is -0.465 e. The van der Waals surface area contributed by atoms with E-state index in [0.29, 0.717) is 24.9 Å². The van der Waals surface area contributed by atoms with Gasteiger partial charge in [-0.2, -0.15) is 0 Å². The second-order valence-electron chi connectivity index (χ2n) is 7.05. The molecule has 3 rings (SSSR count). The molecule has 2 aromatic rings. The summed E-state index contributed by atoms with van der Waals surface area (Å²) in [5.74, 6) is -1.42. The largest absolute Gasteiger partial charge is 0.465 e. The van der Waals surface area contributed by atoms with Gasteiger partial charge in [0.1, 0.15) is 0 Å². The molecule has 150 valence electrons. The van der Waals surface area contributed by atoms with Crippen LogP contribution >= 0.6 is 0 Å². The number of allylic oxidation sites excluding steroid dienone is 1. The molecule has 0 aromatic heterocycles. The number of ether oxygens (including phenoxy) is 1. The topological polar surface area (TPSA) is 63.7 Å². The number of rotatable bonds is 6. The number of piperidine rings is 1. The van der Waals surface area contributed by atoms with Crippen LogP contribution in [0, 0.1) is 5.41 Å². The quantitative estimate of drug-likeness (QED) is 0.422. The zero-order valence-corrected chi connectivity index (χ0v) is 16.5. The number of carbonyl (C=O) groups is 3. The lowest BCUT2D eigenvalue weighted by molar-refractivity contribution is -0.166. The van der Waals surface area contributed by atoms with Gasteiger partial charge in [-0.1, -0.05) is 60.7 Å². The van der Waals surface area contributed by atoms with Crippen LogP contribution in [-0.4, -0.2) is 35.8 Å². The number of amides is 2. The lowest BCUT2D eigenvalue weighted by atomic mass is 9.75. The molecule has 1 unspecified atom stereocenters. The van der Waals surface area contributed by atoms with Crippen molar-refractivity contribution in [1.82, 2.24) is 4.90 Å².